The summed E-state index contributed by atoms with van der Waals surface area (Å²) in [7, 11) is 0. The molecule has 1 aromatic heterocycles. The number of thioether (sulfide) groups is 1. The van der Waals surface area contributed by atoms with Crippen LogP contribution in [0, 0.1) is 17.0 Å². The van der Waals surface area contributed by atoms with Gasteiger partial charge in [0.05, 0.1) is 29.1 Å². The number of esters is 1. The second-order valence-electron chi connectivity index (χ2n) is 9.60. The zero-order chi connectivity index (χ0) is 28.8. The third kappa shape index (κ3) is 10.2. The molecule has 1 heterocycles. The number of nitro groups is 1. The normalized spacial score (nSPS) is 11.9. The van der Waals surface area contributed by atoms with E-state index < -0.39 is 28.1 Å². The molecule has 2 aromatic rings. The minimum atomic E-state index is -0.936. The lowest BCUT2D eigenvalue weighted by Gasteiger charge is -2.07. The zero-order valence-electron chi connectivity index (χ0n) is 23.1. The molecule has 1 aromatic carbocycles. The average molecular weight is 565 g/mol. The predicted octanol–water partition coefficient (Wildman–Crippen LogP) is 6.99. The Kier molecular flexibility index (Phi) is 13.8. The monoisotopic (exact) mass is 564 g/mol. The van der Waals surface area contributed by atoms with Gasteiger partial charge in [0.15, 0.2) is 5.69 Å². The third-order valence-electron chi connectivity index (χ3n) is 6.47. The van der Waals surface area contributed by atoms with Crippen molar-refractivity contribution < 1.29 is 28.9 Å². The molecule has 0 radical (unpaired) electrons. The lowest BCUT2D eigenvalue weighted by molar-refractivity contribution is -0.384. The predicted molar refractivity (Wildman–Crippen MR) is 151 cm³/mol. The molecule has 0 aliphatic heterocycles. The number of aryl methyl sites for hydroxylation is 1. The Morgan fingerprint density at radius 1 is 1.10 bits per heavy atom. The molecular weight excluding hydrogens is 524 g/mol. The number of hydrogen-bond acceptors (Lipinski definition) is 8. The van der Waals surface area contributed by atoms with Gasteiger partial charge >= 0.3 is 11.9 Å². The summed E-state index contributed by atoms with van der Waals surface area (Å²) >= 11 is 1.28. The fourth-order valence-electron chi connectivity index (χ4n) is 4.32. The molecule has 0 bridgehead atoms. The van der Waals surface area contributed by atoms with Gasteiger partial charge in [0, 0.05) is 17.1 Å². The van der Waals surface area contributed by atoms with Crippen LogP contribution in [0.3, 0.4) is 0 Å². The molecule has 0 fully saturated rings. The fourth-order valence-corrected chi connectivity index (χ4v) is 5.40. The van der Waals surface area contributed by atoms with E-state index in [-0.39, 0.29) is 35.3 Å². The molecule has 216 valence electrons. The van der Waals surface area contributed by atoms with Crippen LogP contribution in [-0.4, -0.2) is 39.1 Å². The number of carboxylic acid groups (broad SMARTS) is 1. The quantitative estimate of drug-likeness (QED) is 0.0826. The van der Waals surface area contributed by atoms with Crippen LogP contribution in [0.25, 0.3) is 5.69 Å². The highest BCUT2D eigenvalue weighted by Crippen LogP contribution is 2.31. The van der Waals surface area contributed by atoms with E-state index in [9.17, 15) is 24.5 Å². The highest BCUT2D eigenvalue weighted by molar-refractivity contribution is 7.99. The zero-order valence-corrected chi connectivity index (χ0v) is 23.9. The molecular formula is C28H40N2O8S. The lowest BCUT2D eigenvalue weighted by Crippen LogP contribution is -2.18. The molecule has 11 heteroatoms. The fraction of sp³-hybridized carbons (Fsp3) is 0.607. The maximum atomic E-state index is 13.1. The minimum absolute atomic E-state index is 0.0201. The number of nitrogens with zero attached hydrogens (tertiary/aromatic N) is 2. The van der Waals surface area contributed by atoms with Gasteiger partial charge in [0.1, 0.15) is 5.76 Å². The van der Waals surface area contributed by atoms with E-state index in [1.165, 1.54) is 68.8 Å². The first-order valence-electron chi connectivity index (χ1n) is 13.7. The summed E-state index contributed by atoms with van der Waals surface area (Å²) in [5, 5.41) is 20.3. The molecule has 1 unspecified atom stereocenters. The van der Waals surface area contributed by atoms with Crippen molar-refractivity contribution in [3.8, 4) is 5.69 Å². The number of aromatic nitrogens is 1. The molecule has 0 saturated carbocycles. The minimum Gasteiger partial charge on any atom is -0.481 e. The van der Waals surface area contributed by atoms with Crippen molar-refractivity contribution in [3.05, 3.63) is 55.6 Å². The number of benzene rings is 1. The Bertz CT molecular complexity index is 1160. The van der Waals surface area contributed by atoms with Crippen LogP contribution in [0.15, 0.2) is 27.5 Å². The molecule has 39 heavy (non-hydrogen) atoms. The maximum absolute atomic E-state index is 13.1. The van der Waals surface area contributed by atoms with Crippen molar-refractivity contribution in [2.75, 3.05) is 12.4 Å². The van der Waals surface area contributed by atoms with Crippen LogP contribution in [0.1, 0.15) is 111 Å². The van der Waals surface area contributed by atoms with E-state index in [1.54, 1.807) is 13.8 Å². The van der Waals surface area contributed by atoms with E-state index in [0.717, 1.165) is 30.1 Å². The molecule has 1 atom stereocenters. The first-order valence-corrected chi connectivity index (χ1v) is 14.7. The number of carbonyl (C=O) groups excluding carboxylic acids is 1. The van der Waals surface area contributed by atoms with Gasteiger partial charge in [-0.05, 0) is 32.4 Å². The summed E-state index contributed by atoms with van der Waals surface area (Å²) in [6.07, 6.45) is 11.5. The molecule has 2 rings (SSSR count). The SMILES string of the molecule is CCCCCCCCCCCCOC(=O)c1ccc(-n2oc(C)c(C(C)SCCC(=O)O)c2=O)c([N+](=O)[O-])c1. The number of carbonyl (C=O) groups is 2. The molecule has 0 amide bonds. The summed E-state index contributed by atoms with van der Waals surface area (Å²) in [5.74, 6) is -1.01. The summed E-state index contributed by atoms with van der Waals surface area (Å²) in [6.45, 7) is 5.77. The highest BCUT2D eigenvalue weighted by Gasteiger charge is 2.26. The van der Waals surface area contributed by atoms with E-state index in [0.29, 0.717) is 11.3 Å². The van der Waals surface area contributed by atoms with E-state index in [4.69, 9.17) is 14.4 Å². The molecule has 0 aliphatic carbocycles. The first kappa shape index (κ1) is 32.1. The summed E-state index contributed by atoms with van der Waals surface area (Å²) in [4.78, 5) is 47.5. The number of unbranched alkanes of at least 4 members (excludes halogenated alkanes) is 9. The van der Waals surface area contributed by atoms with E-state index in [1.807, 2.05) is 0 Å². The largest absolute Gasteiger partial charge is 0.481 e. The topological polar surface area (TPSA) is 142 Å². The molecule has 0 saturated heterocycles. The van der Waals surface area contributed by atoms with Crippen molar-refractivity contribution in [2.24, 2.45) is 0 Å². The van der Waals surface area contributed by atoms with Crippen molar-refractivity contribution in [2.45, 2.75) is 96.7 Å². The number of hydrogen-bond donors (Lipinski definition) is 1. The molecule has 10 nitrogen and oxygen atoms in total. The number of nitro benzene ring substituents is 1. The Hall–Kier alpha value is -3.08. The molecule has 1 N–H and O–H groups in total. The van der Waals surface area contributed by atoms with Gasteiger partial charge in [-0.15, -0.1) is 4.74 Å². The van der Waals surface area contributed by atoms with Crippen LogP contribution in [-0.2, 0) is 9.53 Å². The Morgan fingerprint density at radius 2 is 1.72 bits per heavy atom. The van der Waals surface area contributed by atoms with E-state index in [2.05, 4.69) is 6.92 Å². The van der Waals surface area contributed by atoms with Crippen LogP contribution in [0.4, 0.5) is 5.69 Å². The maximum Gasteiger partial charge on any atom is 0.338 e. The third-order valence-corrected chi connectivity index (χ3v) is 7.65. The Morgan fingerprint density at radius 3 is 2.31 bits per heavy atom. The van der Waals surface area contributed by atoms with Crippen LogP contribution in [0.5, 0.6) is 0 Å². The summed E-state index contributed by atoms with van der Waals surface area (Å²) < 4.78 is 11.7. The van der Waals surface area contributed by atoms with Crippen LogP contribution >= 0.6 is 11.8 Å². The van der Waals surface area contributed by atoms with E-state index >= 15 is 0 Å². The van der Waals surface area contributed by atoms with Crippen molar-refractivity contribution in [3.63, 3.8) is 0 Å². The van der Waals surface area contributed by atoms with Gasteiger partial charge in [0.25, 0.3) is 11.2 Å². The van der Waals surface area contributed by atoms with Gasteiger partial charge in [0.2, 0.25) is 0 Å². The summed E-state index contributed by atoms with van der Waals surface area (Å²) in [5.41, 5.74) is -0.807. The van der Waals surface area contributed by atoms with Gasteiger partial charge in [-0.1, -0.05) is 64.7 Å². The van der Waals surface area contributed by atoms with Crippen molar-refractivity contribution in [1.29, 1.82) is 0 Å². The Labute approximate surface area is 233 Å². The van der Waals surface area contributed by atoms with Gasteiger partial charge in [-0.2, -0.15) is 11.8 Å². The standard InChI is InChI=1S/C28H40N2O8S/c1-4-5-6-7-8-9-10-11-12-13-17-37-28(34)22-14-15-23(24(19-22)30(35)36)29-27(33)26(20(2)38-29)21(3)39-18-16-25(31)32/h14-15,19,21H,4-13,16-18H2,1-3H3,(H,31,32). The summed E-state index contributed by atoms with van der Waals surface area (Å²) in [6, 6.07) is 3.76. The number of aliphatic carboxylic acids is 1. The van der Waals surface area contributed by atoms with Crippen LogP contribution in [0.2, 0.25) is 0 Å². The average Bonchev–Trinajstić information content (AvgIpc) is 3.19. The lowest BCUT2D eigenvalue weighted by atomic mass is 10.1. The Balaban J connectivity index is 1.97. The molecule has 0 aliphatic rings. The second kappa shape index (κ2) is 16.8. The number of carboxylic acids is 1. The highest BCUT2D eigenvalue weighted by atomic mass is 32.2. The van der Waals surface area contributed by atoms with Crippen LogP contribution < -0.4 is 5.56 Å². The second-order valence-corrected chi connectivity index (χ2v) is 11.0. The van der Waals surface area contributed by atoms with Gasteiger partial charge < -0.3 is 14.4 Å². The van der Waals surface area contributed by atoms with Gasteiger partial charge in [-0.3, -0.25) is 19.7 Å². The number of ether oxygens (including phenoxy) is 1. The number of rotatable bonds is 19. The van der Waals surface area contributed by atoms with Gasteiger partial charge in [-0.25, -0.2) is 4.79 Å². The molecule has 0 spiro atoms. The first-order chi connectivity index (χ1) is 18.7. The van der Waals surface area contributed by atoms with Crippen molar-refractivity contribution in [1.82, 2.24) is 4.74 Å². The smallest absolute Gasteiger partial charge is 0.338 e. The van der Waals surface area contributed by atoms with Crippen molar-refractivity contribution >= 4 is 29.4 Å².